The monoisotopic (exact) mass is 241 g/mol. The van der Waals surface area contributed by atoms with Crippen LogP contribution in [0, 0.1) is 10.8 Å². The van der Waals surface area contributed by atoms with E-state index in [9.17, 15) is 9.90 Å². The van der Waals surface area contributed by atoms with Gasteiger partial charge >= 0.3 is 5.97 Å². The lowest BCUT2D eigenvalue weighted by Gasteiger charge is -2.42. The van der Waals surface area contributed by atoms with E-state index in [1.807, 2.05) is 0 Å². The quantitative estimate of drug-likeness (QED) is 0.822. The molecule has 0 spiro atoms. The summed E-state index contributed by atoms with van der Waals surface area (Å²) in [6, 6.07) is 0. The van der Waals surface area contributed by atoms with Crippen LogP contribution >= 0.6 is 0 Å². The van der Waals surface area contributed by atoms with Crippen LogP contribution < -0.4 is 0 Å². The Balaban J connectivity index is 2.71. The summed E-state index contributed by atoms with van der Waals surface area (Å²) in [6.45, 7) is 11.5. The number of piperidine rings is 1. The van der Waals surface area contributed by atoms with E-state index in [2.05, 4.69) is 32.6 Å². The van der Waals surface area contributed by atoms with E-state index in [0.717, 1.165) is 45.3 Å². The molecule has 1 heterocycles. The number of likely N-dealkylation sites (tertiary alicyclic amines) is 1. The summed E-state index contributed by atoms with van der Waals surface area (Å²) in [5, 5.41) is 9.51. The van der Waals surface area contributed by atoms with Crippen LogP contribution in [0.1, 0.15) is 53.4 Å². The third-order valence-corrected chi connectivity index (χ3v) is 3.54. The van der Waals surface area contributed by atoms with Gasteiger partial charge in [0.15, 0.2) is 0 Å². The normalized spacial score (nSPS) is 27.1. The zero-order valence-corrected chi connectivity index (χ0v) is 11.8. The molecule has 100 valence electrons. The Hall–Kier alpha value is -0.570. The summed E-state index contributed by atoms with van der Waals surface area (Å²) < 4.78 is 0. The average molecular weight is 241 g/mol. The van der Waals surface area contributed by atoms with E-state index in [-0.39, 0.29) is 5.41 Å². The van der Waals surface area contributed by atoms with Gasteiger partial charge in [-0.1, -0.05) is 34.1 Å². The lowest BCUT2D eigenvalue weighted by Crippen LogP contribution is -2.49. The number of rotatable bonds is 4. The standard InChI is InChI=1S/C14H27NO2/c1-5-7-14(12(16)17)8-6-9-15(11-14)10-13(2,3)4/h5-11H2,1-4H3,(H,16,17). The first-order chi connectivity index (χ1) is 7.79. The number of aliphatic carboxylic acids is 1. The fourth-order valence-electron chi connectivity index (χ4n) is 3.00. The summed E-state index contributed by atoms with van der Waals surface area (Å²) in [4.78, 5) is 13.9. The van der Waals surface area contributed by atoms with Gasteiger partial charge in [0.1, 0.15) is 0 Å². The predicted octanol–water partition coefficient (Wildman–Crippen LogP) is 3.00. The minimum absolute atomic E-state index is 0.244. The summed E-state index contributed by atoms with van der Waals surface area (Å²) in [6.07, 6.45) is 3.62. The van der Waals surface area contributed by atoms with Gasteiger partial charge in [-0.25, -0.2) is 0 Å². The van der Waals surface area contributed by atoms with Crippen molar-refractivity contribution in [3.05, 3.63) is 0 Å². The smallest absolute Gasteiger partial charge is 0.310 e. The zero-order chi connectivity index (χ0) is 13.1. The molecule has 1 fully saturated rings. The van der Waals surface area contributed by atoms with Gasteiger partial charge in [-0.3, -0.25) is 4.79 Å². The van der Waals surface area contributed by atoms with Gasteiger partial charge in [-0.15, -0.1) is 0 Å². The van der Waals surface area contributed by atoms with Gasteiger partial charge in [0.25, 0.3) is 0 Å². The number of hydrogen-bond acceptors (Lipinski definition) is 2. The van der Waals surface area contributed by atoms with Gasteiger partial charge in [-0.2, -0.15) is 0 Å². The minimum Gasteiger partial charge on any atom is -0.481 e. The van der Waals surface area contributed by atoms with Crippen LogP contribution in [0.25, 0.3) is 0 Å². The van der Waals surface area contributed by atoms with E-state index in [1.165, 1.54) is 0 Å². The van der Waals surface area contributed by atoms with Crippen LogP contribution in [-0.2, 0) is 4.79 Å². The van der Waals surface area contributed by atoms with E-state index in [0.29, 0.717) is 0 Å². The van der Waals surface area contributed by atoms with Crippen LogP contribution in [0.5, 0.6) is 0 Å². The second-order valence-electron chi connectivity index (χ2n) is 6.71. The molecule has 1 rings (SSSR count). The molecule has 0 saturated carbocycles. The third kappa shape index (κ3) is 3.98. The van der Waals surface area contributed by atoms with E-state index in [4.69, 9.17) is 0 Å². The molecule has 0 radical (unpaired) electrons. The topological polar surface area (TPSA) is 40.5 Å². The zero-order valence-electron chi connectivity index (χ0n) is 11.8. The first-order valence-electron chi connectivity index (χ1n) is 6.75. The lowest BCUT2D eigenvalue weighted by atomic mass is 9.76. The molecule has 3 heteroatoms. The summed E-state index contributed by atoms with van der Waals surface area (Å²) in [7, 11) is 0. The third-order valence-electron chi connectivity index (χ3n) is 3.54. The Bertz CT molecular complexity index is 266. The van der Waals surface area contributed by atoms with Crippen molar-refractivity contribution in [3.8, 4) is 0 Å². The predicted molar refractivity (Wildman–Crippen MR) is 70.1 cm³/mol. The van der Waals surface area contributed by atoms with Crippen molar-refractivity contribution in [1.82, 2.24) is 4.90 Å². The Morgan fingerprint density at radius 1 is 1.41 bits per heavy atom. The van der Waals surface area contributed by atoms with Crippen molar-refractivity contribution >= 4 is 5.97 Å². The van der Waals surface area contributed by atoms with Crippen LogP contribution in [0.4, 0.5) is 0 Å². The summed E-state index contributed by atoms with van der Waals surface area (Å²) in [5.74, 6) is -0.599. The average Bonchev–Trinajstić information content (AvgIpc) is 2.15. The largest absolute Gasteiger partial charge is 0.481 e. The molecule has 3 nitrogen and oxygen atoms in total. The fraction of sp³-hybridized carbons (Fsp3) is 0.929. The Morgan fingerprint density at radius 3 is 2.53 bits per heavy atom. The maximum absolute atomic E-state index is 11.6. The van der Waals surface area contributed by atoms with Crippen molar-refractivity contribution in [2.45, 2.75) is 53.4 Å². The highest BCUT2D eigenvalue weighted by molar-refractivity contribution is 5.75. The first kappa shape index (κ1) is 14.5. The SMILES string of the molecule is CCCC1(C(=O)O)CCCN(CC(C)(C)C)C1. The Labute approximate surface area is 105 Å². The van der Waals surface area contributed by atoms with E-state index in [1.54, 1.807) is 0 Å². The molecule has 0 aromatic rings. The van der Waals surface area contributed by atoms with Gasteiger partial charge in [0.05, 0.1) is 5.41 Å². The molecule has 1 N–H and O–H groups in total. The number of hydrogen-bond donors (Lipinski definition) is 1. The Morgan fingerprint density at radius 2 is 2.06 bits per heavy atom. The van der Waals surface area contributed by atoms with Crippen LogP contribution in [0.2, 0.25) is 0 Å². The van der Waals surface area contributed by atoms with Crippen molar-refractivity contribution in [1.29, 1.82) is 0 Å². The maximum Gasteiger partial charge on any atom is 0.310 e. The second kappa shape index (κ2) is 5.38. The van der Waals surface area contributed by atoms with Crippen molar-refractivity contribution in [3.63, 3.8) is 0 Å². The molecule has 1 saturated heterocycles. The molecule has 0 aliphatic carbocycles. The molecule has 1 aliphatic heterocycles. The highest BCUT2D eigenvalue weighted by atomic mass is 16.4. The maximum atomic E-state index is 11.6. The van der Waals surface area contributed by atoms with Crippen molar-refractivity contribution in [2.24, 2.45) is 10.8 Å². The molecule has 0 amide bonds. The van der Waals surface area contributed by atoms with Gasteiger partial charge in [0.2, 0.25) is 0 Å². The summed E-state index contributed by atoms with van der Waals surface area (Å²) >= 11 is 0. The van der Waals surface area contributed by atoms with E-state index < -0.39 is 11.4 Å². The number of carboxylic acid groups (broad SMARTS) is 1. The molecule has 0 aromatic heterocycles. The van der Waals surface area contributed by atoms with E-state index >= 15 is 0 Å². The molecular formula is C14H27NO2. The molecule has 0 aromatic carbocycles. The van der Waals surface area contributed by atoms with Crippen molar-refractivity contribution in [2.75, 3.05) is 19.6 Å². The van der Waals surface area contributed by atoms with Crippen LogP contribution in [0.3, 0.4) is 0 Å². The van der Waals surface area contributed by atoms with Crippen LogP contribution in [0.15, 0.2) is 0 Å². The molecule has 1 aliphatic rings. The number of nitrogens with zero attached hydrogens (tertiary/aromatic N) is 1. The fourth-order valence-corrected chi connectivity index (χ4v) is 3.00. The number of carboxylic acids is 1. The highest BCUT2D eigenvalue weighted by Crippen LogP contribution is 2.36. The van der Waals surface area contributed by atoms with Crippen LogP contribution in [-0.4, -0.2) is 35.6 Å². The molecule has 1 unspecified atom stereocenters. The molecule has 0 bridgehead atoms. The lowest BCUT2D eigenvalue weighted by molar-refractivity contribution is -0.153. The van der Waals surface area contributed by atoms with Crippen molar-refractivity contribution < 1.29 is 9.90 Å². The molecule has 17 heavy (non-hydrogen) atoms. The van der Waals surface area contributed by atoms with Gasteiger partial charge in [0, 0.05) is 13.1 Å². The second-order valence-corrected chi connectivity index (χ2v) is 6.71. The first-order valence-corrected chi connectivity index (χ1v) is 6.75. The van der Waals surface area contributed by atoms with Gasteiger partial charge < -0.3 is 10.0 Å². The van der Waals surface area contributed by atoms with Gasteiger partial charge in [-0.05, 0) is 31.2 Å². The minimum atomic E-state index is -0.599. The highest BCUT2D eigenvalue weighted by Gasteiger charge is 2.41. The molecular weight excluding hydrogens is 214 g/mol. The number of carbonyl (C=O) groups is 1. The molecule has 1 atom stereocenters. The summed E-state index contributed by atoms with van der Waals surface area (Å²) in [5.41, 5.74) is -0.244. The Kier molecular flexibility index (Phi) is 4.59.